The van der Waals surface area contributed by atoms with E-state index in [1.807, 2.05) is 0 Å². The molecule has 4 amide bonds. The minimum Gasteiger partial charge on any atom is -0.394 e. The van der Waals surface area contributed by atoms with Crippen LogP contribution in [0.3, 0.4) is 0 Å². The van der Waals surface area contributed by atoms with Crippen LogP contribution < -0.4 is 59.7 Å². The van der Waals surface area contributed by atoms with Crippen LogP contribution in [-0.2, 0) is 37.9 Å². The zero-order valence-electron chi connectivity index (χ0n) is 66.4. The summed E-state index contributed by atoms with van der Waals surface area (Å²) in [6.45, 7) is 54.3. The van der Waals surface area contributed by atoms with E-state index in [4.69, 9.17) is 65.3 Å². The summed E-state index contributed by atoms with van der Waals surface area (Å²) in [6, 6.07) is -0.463. The molecule has 0 atom stereocenters. The summed E-state index contributed by atoms with van der Waals surface area (Å²) in [5.41, 5.74) is 15.3. The highest BCUT2D eigenvalue weighted by molar-refractivity contribution is 5.73. The molecule has 0 unspecified atom stereocenters. The van der Waals surface area contributed by atoms with Crippen LogP contribution in [0.1, 0.15) is 257 Å². The van der Waals surface area contributed by atoms with E-state index in [-0.39, 0.29) is 19.2 Å². The molecule has 0 aromatic carbocycles. The molecule has 0 saturated carbocycles. The molecular formula is C74H173N11O12. The maximum atomic E-state index is 11.0. The van der Waals surface area contributed by atoms with Gasteiger partial charge in [-0.2, -0.15) is 0 Å². The molecule has 23 nitrogen and oxygen atoms in total. The van der Waals surface area contributed by atoms with Gasteiger partial charge in [-0.15, -0.1) is 0 Å². The van der Waals surface area contributed by atoms with Gasteiger partial charge in [0.2, 0.25) is 0 Å². The van der Waals surface area contributed by atoms with Crippen molar-refractivity contribution < 1.29 is 57.7 Å². The average molecular weight is 1410 g/mol. The lowest BCUT2D eigenvalue weighted by atomic mass is 10.3. The number of amides is 4. The first-order valence-electron chi connectivity index (χ1n) is 39.3. The van der Waals surface area contributed by atoms with Gasteiger partial charge in [-0.05, 0) is 110 Å². The highest BCUT2D eigenvalue weighted by Gasteiger charge is 1.97. The number of rotatable bonds is 65. The lowest BCUT2D eigenvalue weighted by molar-refractivity contribution is 0.0136. The Balaban J connectivity index is -0.000000129. The Morgan fingerprint density at radius 3 is 0.649 bits per heavy atom. The number of carbonyl (C=O) groups excluding carboxylic acids is 2. The molecule has 0 spiro atoms. The van der Waals surface area contributed by atoms with Crippen molar-refractivity contribution >= 4 is 12.1 Å². The first-order valence-corrected chi connectivity index (χ1v) is 39.3. The Morgan fingerprint density at radius 2 is 0.433 bits per heavy atom. The lowest BCUT2D eigenvalue weighted by Gasteiger charge is -2.06. The Morgan fingerprint density at radius 1 is 0.247 bits per heavy atom. The van der Waals surface area contributed by atoms with Gasteiger partial charge in [0.1, 0.15) is 0 Å². The summed E-state index contributed by atoms with van der Waals surface area (Å²) in [7, 11) is 0. The zero-order chi connectivity index (χ0) is 74.2. The number of ether oxygens (including phenoxy) is 8. The molecule has 0 saturated heterocycles. The van der Waals surface area contributed by atoms with E-state index in [9.17, 15) is 9.59 Å². The van der Waals surface area contributed by atoms with E-state index in [2.05, 4.69) is 133 Å². The van der Waals surface area contributed by atoms with Gasteiger partial charge < -0.3 is 108 Å². The van der Waals surface area contributed by atoms with Crippen LogP contribution in [0.25, 0.3) is 0 Å². The third-order valence-electron chi connectivity index (χ3n) is 12.7. The third-order valence-corrected chi connectivity index (χ3v) is 12.7. The Kier molecular flexibility index (Phi) is 152. The number of unbranched alkanes of at least 4 members (excludes halogenated alkanes) is 13. The Hall–Kier alpha value is -2.14. The molecule has 596 valence electrons. The van der Waals surface area contributed by atoms with Crippen molar-refractivity contribution in [2.45, 2.75) is 257 Å². The maximum absolute atomic E-state index is 11.0. The molecule has 0 fully saturated rings. The normalized spacial score (nSPS) is 10.1. The van der Waals surface area contributed by atoms with E-state index in [0.29, 0.717) is 59.4 Å². The van der Waals surface area contributed by atoms with Gasteiger partial charge in [-0.1, -0.05) is 173 Å². The second-order valence-corrected chi connectivity index (χ2v) is 22.7. The van der Waals surface area contributed by atoms with Gasteiger partial charge in [0, 0.05) is 112 Å². The second kappa shape index (κ2) is 130. The summed E-state index contributed by atoms with van der Waals surface area (Å²) in [5, 5.41) is 41.2. The molecular weight excluding hydrogens is 1230 g/mol. The molecule has 97 heavy (non-hydrogen) atoms. The van der Waals surface area contributed by atoms with Crippen molar-refractivity contribution in [3.05, 3.63) is 0 Å². The van der Waals surface area contributed by atoms with Gasteiger partial charge >= 0.3 is 12.1 Å². The van der Waals surface area contributed by atoms with Crippen molar-refractivity contribution in [3.63, 3.8) is 0 Å². The van der Waals surface area contributed by atoms with Crippen molar-refractivity contribution in [2.75, 3.05) is 217 Å². The number of urea groups is 2. The SMILES string of the molecule is CCCCNC(=O)NCCCC.CCCCNC(N)=O.CCCCNCCN.CCCCNCCNCCCC.CCCCNCCNCCN.CCCCOCCO.CCCCOCCOCCCC.CCCCOCCOCCO.CCCCOCCOCCOCCCC. The van der Waals surface area contributed by atoms with Crippen molar-refractivity contribution in [1.82, 2.24) is 42.5 Å². The van der Waals surface area contributed by atoms with Crippen molar-refractivity contribution in [1.29, 1.82) is 0 Å². The molecule has 0 aliphatic rings. The van der Waals surface area contributed by atoms with Crippen molar-refractivity contribution in [3.8, 4) is 0 Å². The van der Waals surface area contributed by atoms with E-state index >= 15 is 0 Å². The van der Waals surface area contributed by atoms with Gasteiger partial charge in [-0.3, -0.25) is 0 Å². The number of aliphatic hydroxyl groups excluding tert-OH is 2. The minimum atomic E-state index is -0.432. The third kappa shape index (κ3) is 167. The molecule has 0 radical (unpaired) electrons. The predicted octanol–water partition coefficient (Wildman–Crippen LogP) is 11.2. The van der Waals surface area contributed by atoms with Gasteiger partial charge in [0.05, 0.1) is 79.3 Å². The Bertz CT molecular complexity index is 1090. The number of nitrogens with one attached hydrogen (secondary N) is 8. The monoisotopic (exact) mass is 1410 g/mol. The molecule has 0 rings (SSSR count). The summed E-state index contributed by atoms with van der Waals surface area (Å²) < 4.78 is 41.9. The second-order valence-electron chi connectivity index (χ2n) is 22.7. The topological polar surface area (TPSA) is 323 Å². The standard InChI is InChI=1S/C12H26O3.C10H24N2.C10H22O2.C9H20N2O.C8H21N3.C8H18O3.C6H16N2.C6H14O2.C5H12N2O/c1-3-5-7-13-9-11-15-12-10-14-8-6-4-2;2*1-3-5-7-11-9-10-12-8-6-4-2;1-3-5-7-10-9(12)11-8-6-4-2;2*1-2-3-5-10-7-8-11-6-4-9;2*1-2-3-5-8-6-4-7;1-2-3-4-7-5(6)8/h3-12H2,1-2H3;11-12H,3-10H2,1-2H3;3-10H2,1-2H3;3-8H2,1-2H3,(H2,10,11,12);10-11H,2-9H2,1H3;9H,2-8H2,1H3;8H,2-7H2,1H3;7H,2-6H2,1H3;2-4H2,1H3,(H3,6,7,8). The highest BCUT2D eigenvalue weighted by atomic mass is 16.5. The van der Waals surface area contributed by atoms with Crippen LogP contribution in [-0.4, -0.2) is 239 Å². The molecule has 0 bridgehead atoms. The van der Waals surface area contributed by atoms with Gasteiger partial charge in [-0.25, -0.2) is 9.59 Å². The zero-order valence-corrected chi connectivity index (χ0v) is 66.4. The van der Waals surface area contributed by atoms with Crippen LogP contribution >= 0.6 is 0 Å². The van der Waals surface area contributed by atoms with Crippen LogP contribution in [0.5, 0.6) is 0 Å². The van der Waals surface area contributed by atoms with Gasteiger partial charge in [0.25, 0.3) is 0 Å². The van der Waals surface area contributed by atoms with Crippen LogP contribution in [0.4, 0.5) is 9.59 Å². The largest absolute Gasteiger partial charge is 0.394 e. The molecule has 0 aliphatic heterocycles. The quantitative estimate of drug-likeness (QED) is 0.0252. The predicted molar refractivity (Wildman–Crippen MR) is 416 cm³/mol. The number of aliphatic hydroxyl groups is 2. The molecule has 0 aromatic heterocycles. The smallest absolute Gasteiger partial charge is 0.314 e. The van der Waals surface area contributed by atoms with E-state index in [1.54, 1.807) is 0 Å². The molecule has 0 aliphatic carbocycles. The lowest BCUT2D eigenvalue weighted by Crippen LogP contribution is -2.36. The number of primary amides is 1. The minimum absolute atomic E-state index is 0.0306. The fourth-order valence-electron chi connectivity index (χ4n) is 6.49. The number of hydrogen-bond donors (Lipinski definition) is 13. The first-order chi connectivity index (χ1) is 47.5. The Labute approximate surface area is 601 Å². The van der Waals surface area contributed by atoms with E-state index < -0.39 is 6.03 Å². The molecule has 23 heteroatoms. The van der Waals surface area contributed by atoms with Crippen LogP contribution in [0, 0.1) is 0 Å². The fraction of sp³-hybridized carbons (Fsp3) is 0.973. The number of hydrogen-bond acceptors (Lipinski definition) is 19. The van der Waals surface area contributed by atoms with Gasteiger partial charge in [0.15, 0.2) is 0 Å². The van der Waals surface area contributed by atoms with E-state index in [0.717, 1.165) is 221 Å². The summed E-state index contributed by atoms with van der Waals surface area (Å²) >= 11 is 0. The summed E-state index contributed by atoms with van der Waals surface area (Å²) in [4.78, 5) is 21.0. The first kappa shape index (κ1) is 113. The average Bonchev–Trinajstić information content (AvgIpc) is 3.62. The summed E-state index contributed by atoms with van der Waals surface area (Å²) in [5.74, 6) is 0. The number of carbonyl (C=O) groups is 2. The van der Waals surface area contributed by atoms with Crippen LogP contribution in [0.15, 0.2) is 0 Å². The van der Waals surface area contributed by atoms with Crippen LogP contribution in [0.2, 0.25) is 0 Å². The number of nitrogens with two attached hydrogens (primary N) is 3. The molecule has 0 aromatic rings. The fourth-order valence-corrected chi connectivity index (χ4v) is 6.49. The van der Waals surface area contributed by atoms with Crippen molar-refractivity contribution in [2.24, 2.45) is 17.2 Å². The summed E-state index contributed by atoms with van der Waals surface area (Å²) in [6.07, 6.45) is 30.6. The maximum Gasteiger partial charge on any atom is 0.314 e. The highest BCUT2D eigenvalue weighted by Crippen LogP contribution is 1.94. The molecule has 0 heterocycles. The van der Waals surface area contributed by atoms with E-state index in [1.165, 1.54) is 90.1 Å². The molecule has 16 N–H and O–H groups in total.